The van der Waals surface area contributed by atoms with Gasteiger partial charge in [-0.25, -0.2) is 9.18 Å². The lowest BCUT2D eigenvalue weighted by Crippen LogP contribution is -2.36. The van der Waals surface area contributed by atoms with Crippen molar-refractivity contribution in [1.82, 2.24) is 0 Å². The van der Waals surface area contributed by atoms with Gasteiger partial charge < -0.3 is 15.2 Å². The first-order valence-corrected chi connectivity index (χ1v) is 11.0. The summed E-state index contributed by atoms with van der Waals surface area (Å²) in [4.78, 5) is 37.7. The first-order chi connectivity index (χ1) is 14.9. The highest BCUT2D eigenvalue weighted by molar-refractivity contribution is 7.15. The number of allylic oxidation sites excluding steroid dienone is 2. The van der Waals surface area contributed by atoms with Crippen molar-refractivity contribution in [2.24, 2.45) is 23.7 Å². The Bertz CT molecular complexity index is 1040. The Kier molecular flexibility index (Phi) is 5.91. The van der Waals surface area contributed by atoms with Crippen molar-refractivity contribution in [3.63, 3.8) is 0 Å². The minimum atomic E-state index is -0.988. The molecule has 6 nitrogen and oxygen atoms in total. The first-order valence-electron chi connectivity index (χ1n) is 10.2. The second kappa shape index (κ2) is 8.63. The minimum absolute atomic E-state index is 0.127. The van der Waals surface area contributed by atoms with Gasteiger partial charge in [-0.05, 0) is 42.4 Å². The van der Waals surface area contributed by atoms with Crippen LogP contribution in [-0.2, 0) is 14.3 Å². The molecule has 1 fully saturated rings. The van der Waals surface area contributed by atoms with E-state index in [9.17, 15) is 23.9 Å². The molecule has 2 aliphatic rings. The van der Waals surface area contributed by atoms with Gasteiger partial charge in [0.15, 0.2) is 0 Å². The van der Waals surface area contributed by atoms with Gasteiger partial charge in [-0.15, -0.1) is 11.3 Å². The Morgan fingerprint density at radius 1 is 1.16 bits per heavy atom. The molecule has 4 atom stereocenters. The third-order valence-corrected chi connectivity index (χ3v) is 6.77. The van der Waals surface area contributed by atoms with E-state index in [0.29, 0.717) is 29.0 Å². The number of rotatable bonds is 7. The number of nitrogens with one attached hydrogen (secondary N) is 1. The van der Waals surface area contributed by atoms with E-state index in [4.69, 9.17) is 4.74 Å². The maximum Gasteiger partial charge on any atom is 0.341 e. The van der Waals surface area contributed by atoms with E-state index in [1.54, 1.807) is 17.5 Å². The summed E-state index contributed by atoms with van der Waals surface area (Å²) in [6.45, 7) is 2.10. The quantitative estimate of drug-likeness (QED) is 0.483. The van der Waals surface area contributed by atoms with Crippen molar-refractivity contribution in [2.75, 3.05) is 11.9 Å². The van der Waals surface area contributed by atoms with Crippen LogP contribution >= 0.6 is 11.3 Å². The van der Waals surface area contributed by atoms with E-state index in [2.05, 4.69) is 5.32 Å². The molecule has 2 bridgehead atoms. The molecule has 1 saturated carbocycles. The summed E-state index contributed by atoms with van der Waals surface area (Å²) in [7, 11) is 0. The topological polar surface area (TPSA) is 92.7 Å². The Balaban J connectivity index is 1.65. The molecule has 0 saturated heterocycles. The normalized spacial score (nSPS) is 23.7. The number of hydrogen-bond donors (Lipinski definition) is 2. The van der Waals surface area contributed by atoms with Crippen molar-refractivity contribution >= 4 is 34.2 Å². The molecule has 162 valence electrons. The fourth-order valence-corrected chi connectivity index (χ4v) is 5.43. The lowest BCUT2D eigenvalue weighted by atomic mass is 9.82. The standard InChI is InChI=1S/C23H22FNO5S/c1-2-9-30-23(29)19-16(12-5-7-15(24)8-6-12)11-31-21(19)25-20(26)17-13-3-4-14(10-13)18(17)22(27)28/h3-8,11,13-14,17-18H,2,9-10H2,1H3,(H,25,26)(H,27,28). The summed E-state index contributed by atoms with van der Waals surface area (Å²) in [5.41, 5.74) is 1.35. The zero-order valence-electron chi connectivity index (χ0n) is 16.8. The number of benzene rings is 1. The highest BCUT2D eigenvalue weighted by atomic mass is 32.1. The number of carbonyl (C=O) groups excluding carboxylic acids is 2. The molecule has 8 heteroatoms. The van der Waals surface area contributed by atoms with Crippen LogP contribution in [0.4, 0.5) is 9.39 Å². The molecule has 1 amide bonds. The Hall–Kier alpha value is -3.00. The van der Waals surface area contributed by atoms with E-state index in [-0.39, 0.29) is 24.0 Å². The summed E-state index contributed by atoms with van der Waals surface area (Å²) in [6.07, 6.45) is 5.06. The smallest absolute Gasteiger partial charge is 0.341 e. The lowest BCUT2D eigenvalue weighted by Gasteiger charge is -2.23. The number of hydrogen-bond acceptors (Lipinski definition) is 5. The van der Waals surface area contributed by atoms with E-state index < -0.39 is 35.5 Å². The van der Waals surface area contributed by atoms with E-state index in [1.807, 2.05) is 19.1 Å². The average Bonchev–Trinajstić information content (AvgIpc) is 3.47. The number of esters is 1. The largest absolute Gasteiger partial charge is 0.481 e. The monoisotopic (exact) mass is 443 g/mol. The van der Waals surface area contributed by atoms with Gasteiger partial charge in [0.05, 0.1) is 18.4 Å². The number of carboxylic acid groups (broad SMARTS) is 1. The Morgan fingerprint density at radius 3 is 2.48 bits per heavy atom. The third kappa shape index (κ3) is 3.99. The van der Waals surface area contributed by atoms with Gasteiger partial charge in [0, 0.05) is 10.9 Å². The fourth-order valence-electron chi connectivity index (χ4n) is 4.47. The van der Waals surface area contributed by atoms with E-state index in [1.165, 1.54) is 12.1 Å². The minimum Gasteiger partial charge on any atom is -0.481 e. The summed E-state index contributed by atoms with van der Waals surface area (Å²) in [6, 6.07) is 5.71. The van der Waals surface area contributed by atoms with Gasteiger partial charge in [0.2, 0.25) is 5.91 Å². The molecule has 2 aliphatic carbocycles. The Labute approximate surface area is 182 Å². The maximum absolute atomic E-state index is 13.4. The van der Waals surface area contributed by atoms with Crippen LogP contribution < -0.4 is 5.32 Å². The summed E-state index contributed by atoms with van der Waals surface area (Å²) in [5.74, 6) is -4.13. The van der Waals surface area contributed by atoms with Crippen LogP contribution in [0.2, 0.25) is 0 Å². The van der Waals surface area contributed by atoms with Crippen LogP contribution in [0.3, 0.4) is 0 Å². The zero-order chi connectivity index (χ0) is 22.1. The second-order valence-corrected chi connectivity index (χ2v) is 8.70. The van der Waals surface area contributed by atoms with Crippen LogP contribution in [0.1, 0.15) is 30.1 Å². The first kappa shape index (κ1) is 21.2. The Morgan fingerprint density at radius 2 is 1.84 bits per heavy atom. The lowest BCUT2D eigenvalue weighted by molar-refractivity contribution is -0.146. The molecule has 2 N–H and O–H groups in total. The molecule has 4 unspecified atom stereocenters. The van der Waals surface area contributed by atoms with E-state index in [0.717, 1.165) is 11.3 Å². The maximum atomic E-state index is 13.4. The molecular formula is C23H22FNO5S. The number of aliphatic carboxylic acids is 1. The molecule has 0 radical (unpaired) electrons. The highest BCUT2D eigenvalue weighted by Crippen LogP contribution is 2.49. The van der Waals surface area contributed by atoms with Crippen LogP contribution in [0.5, 0.6) is 0 Å². The number of amides is 1. The predicted octanol–water partition coefficient (Wildman–Crippen LogP) is 4.58. The molecule has 31 heavy (non-hydrogen) atoms. The number of carbonyl (C=O) groups is 3. The molecule has 0 spiro atoms. The molecular weight excluding hydrogens is 421 g/mol. The van der Waals surface area contributed by atoms with Gasteiger partial charge in [-0.1, -0.05) is 31.2 Å². The third-order valence-electron chi connectivity index (χ3n) is 5.87. The number of carboxylic acids is 1. The van der Waals surface area contributed by atoms with E-state index >= 15 is 0 Å². The van der Waals surface area contributed by atoms with Crippen LogP contribution in [0, 0.1) is 29.5 Å². The van der Waals surface area contributed by atoms with Crippen LogP contribution in [0.15, 0.2) is 41.8 Å². The number of thiophene rings is 1. The molecule has 0 aliphatic heterocycles. The van der Waals surface area contributed by atoms with Crippen molar-refractivity contribution in [2.45, 2.75) is 19.8 Å². The highest BCUT2D eigenvalue weighted by Gasteiger charge is 2.51. The number of halogens is 1. The molecule has 4 rings (SSSR count). The average molecular weight is 443 g/mol. The molecule has 2 aromatic rings. The summed E-state index contributed by atoms with van der Waals surface area (Å²) < 4.78 is 18.7. The zero-order valence-corrected chi connectivity index (χ0v) is 17.7. The van der Waals surface area contributed by atoms with Gasteiger partial charge in [0.25, 0.3) is 0 Å². The van der Waals surface area contributed by atoms with Gasteiger partial charge in [-0.3, -0.25) is 9.59 Å². The number of ether oxygens (including phenoxy) is 1. The van der Waals surface area contributed by atoms with Crippen molar-refractivity contribution < 1.29 is 28.6 Å². The van der Waals surface area contributed by atoms with Gasteiger partial charge in [0.1, 0.15) is 16.4 Å². The second-order valence-electron chi connectivity index (χ2n) is 7.82. The molecule has 1 heterocycles. The predicted molar refractivity (Wildman–Crippen MR) is 114 cm³/mol. The fraction of sp³-hybridized carbons (Fsp3) is 0.348. The van der Waals surface area contributed by atoms with Crippen molar-refractivity contribution in [1.29, 1.82) is 0 Å². The van der Waals surface area contributed by atoms with Crippen molar-refractivity contribution in [3.05, 3.63) is 53.2 Å². The molecule has 1 aromatic carbocycles. The van der Waals surface area contributed by atoms with Crippen molar-refractivity contribution in [3.8, 4) is 11.1 Å². The number of fused-ring (bicyclic) bond motifs is 2. The summed E-state index contributed by atoms with van der Waals surface area (Å²) in [5, 5.41) is 14.4. The SMILES string of the molecule is CCCOC(=O)c1c(-c2ccc(F)cc2)csc1NC(=O)C1C2C=CC(C2)C1C(=O)O. The molecule has 1 aromatic heterocycles. The summed E-state index contributed by atoms with van der Waals surface area (Å²) >= 11 is 1.16. The van der Waals surface area contributed by atoms with Gasteiger partial charge >= 0.3 is 11.9 Å². The van der Waals surface area contributed by atoms with Crippen LogP contribution in [-0.4, -0.2) is 29.6 Å². The van der Waals surface area contributed by atoms with Crippen LogP contribution in [0.25, 0.3) is 11.1 Å². The van der Waals surface area contributed by atoms with Gasteiger partial charge in [-0.2, -0.15) is 0 Å². The number of anilines is 1.